The first kappa shape index (κ1) is 15.7. The van der Waals surface area contributed by atoms with Crippen LogP contribution in [0, 0.1) is 0 Å². The van der Waals surface area contributed by atoms with Crippen LogP contribution in [0.15, 0.2) is 18.2 Å². The lowest BCUT2D eigenvalue weighted by Gasteiger charge is -2.28. The third-order valence-electron chi connectivity index (χ3n) is 3.87. The summed E-state index contributed by atoms with van der Waals surface area (Å²) < 4.78 is 0. The van der Waals surface area contributed by atoms with E-state index in [4.69, 9.17) is 11.6 Å². The smallest absolute Gasteiger partial charge is 0.0471 e. The molecule has 1 aliphatic rings. The van der Waals surface area contributed by atoms with E-state index in [9.17, 15) is 0 Å². The second kappa shape index (κ2) is 7.90. The average molecular weight is 295 g/mol. The molecule has 1 aliphatic carbocycles. The molecule has 0 aliphatic heterocycles. The van der Waals surface area contributed by atoms with Gasteiger partial charge in [-0.2, -0.15) is 0 Å². The molecule has 112 valence electrons. The van der Waals surface area contributed by atoms with Crippen LogP contribution in [0.2, 0.25) is 5.02 Å². The van der Waals surface area contributed by atoms with E-state index in [-0.39, 0.29) is 0 Å². The van der Waals surface area contributed by atoms with Crippen molar-refractivity contribution in [3.63, 3.8) is 0 Å². The second-order valence-corrected chi connectivity index (χ2v) is 6.10. The van der Waals surface area contributed by atoms with Gasteiger partial charge in [-0.15, -0.1) is 0 Å². The largest absolute Gasteiger partial charge is 0.368 e. The van der Waals surface area contributed by atoms with Crippen LogP contribution in [0.3, 0.4) is 0 Å². The zero-order valence-corrected chi connectivity index (χ0v) is 13.5. The summed E-state index contributed by atoms with van der Waals surface area (Å²) in [7, 11) is 0. The average Bonchev–Trinajstić information content (AvgIpc) is 3.27. The number of nitrogens with zero attached hydrogens (tertiary/aromatic N) is 1. The standard InChI is InChI=1S/C17H27ClN2/c1-3-5-12-20(14-9-10-14)17-8-6-7-16(18)15(17)13-19-11-4-2/h6-8,14,19H,3-5,9-13H2,1-2H3. The van der Waals surface area contributed by atoms with Gasteiger partial charge in [0.1, 0.15) is 0 Å². The monoisotopic (exact) mass is 294 g/mol. The van der Waals surface area contributed by atoms with E-state index in [1.807, 2.05) is 6.07 Å². The van der Waals surface area contributed by atoms with E-state index in [0.717, 1.165) is 37.1 Å². The van der Waals surface area contributed by atoms with Crippen molar-refractivity contribution in [3.8, 4) is 0 Å². The zero-order valence-electron chi connectivity index (χ0n) is 12.8. The van der Waals surface area contributed by atoms with E-state index in [1.54, 1.807) is 0 Å². The molecular weight excluding hydrogens is 268 g/mol. The number of hydrogen-bond acceptors (Lipinski definition) is 2. The first-order valence-electron chi connectivity index (χ1n) is 8.02. The highest BCUT2D eigenvalue weighted by atomic mass is 35.5. The van der Waals surface area contributed by atoms with Crippen LogP contribution in [0.1, 0.15) is 51.5 Å². The van der Waals surface area contributed by atoms with Crippen molar-refractivity contribution < 1.29 is 0 Å². The number of rotatable bonds is 9. The number of nitrogens with one attached hydrogen (secondary N) is 1. The Hall–Kier alpha value is -0.730. The minimum Gasteiger partial charge on any atom is -0.368 e. The van der Waals surface area contributed by atoms with Crippen LogP contribution in [0.5, 0.6) is 0 Å². The van der Waals surface area contributed by atoms with Gasteiger partial charge in [0.15, 0.2) is 0 Å². The molecule has 1 fully saturated rings. The van der Waals surface area contributed by atoms with E-state index in [0.29, 0.717) is 0 Å². The van der Waals surface area contributed by atoms with Crippen molar-refractivity contribution >= 4 is 17.3 Å². The third kappa shape index (κ3) is 4.13. The fourth-order valence-electron chi connectivity index (χ4n) is 2.60. The molecule has 0 aromatic heterocycles. The minimum absolute atomic E-state index is 0.741. The van der Waals surface area contributed by atoms with Gasteiger partial charge in [-0.05, 0) is 44.4 Å². The molecule has 0 spiro atoms. The quantitative estimate of drug-likeness (QED) is 0.669. The highest BCUT2D eigenvalue weighted by molar-refractivity contribution is 6.31. The summed E-state index contributed by atoms with van der Waals surface area (Å²) in [6.07, 6.45) is 6.32. The van der Waals surface area contributed by atoms with E-state index >= 15 is 0 Å². The predicted molar refractivity (Wildman–Crippen MR) is 88.7 cm³/mol. The summed E-state index contributed by atoms with van der Waals surface area (Å²) >= 11 is 6.44. The van der Waals surface area contributed by atoms with Crippen LogP contribution in [0.25, 0.3) is 0 Å². The van der Waals surface area contributed by atoms with Gasteiger partial charge in [0.2, 0.25) is 0 Å². The Bertz CT molecular complexity index is 415. The van der Waals surface area contributed by atoms with Crippen molar-refractivity contribution in [2.24, 2.45) is 0 Å². The Morgan fingerprint density at radius 2 is 2.05 bits per heavy atom. The van der Waals surface area contributed by atoms with Crippen molar-refractivity contribution in [3.05, 3.63) is 28.8 Å². The number of unbranched alkanes of at least 4 members (excludes halogenated alkanes) is 1. The number of anilines is 1. The molecule has 2 nitrogen and oxygen atoms in total. The maximum atomic E-state index is 6.44. The first-order valence-corrected chi connectivity index (χ1v) is 8.40. The van der Waals surface area contributed by atoms with Crippen molar-refractivity contribution in [1.82, 2.24) is 5.32 Å². The third-order valence-corrected chi connectivity index (χ3v) is 4.23. The van der Waals surface area contributed by atoms with Gasteiger partial charge in [0, 0.05) is 35.4 Å². The lowest BCUT2D eigenvalue weighted by atomic mass is 10.1. The highest BCUT2D eigenvalue weighted by Gasteiger charge is 2.30. The first-order chi connectivity index (χ1) is 9.77. The molecule has 1 N–H and O–H groups in total. The summed E-state index contributed by atoms with van der Waals surface area (Å²) in [4.78, 5) is 2.58. The summed E-state index contributed by atoms with van der Waals surface area (Å²) in [6.45, 7) is 7.52. The van der Waals surface area contributed by atoms with Crippen LogP contribution in [-0.4, -0.2) is 19.1 Å². The molecular formula is C17H27ClN2. The fraction of sp³-hybridized carbons (Fsp3) is 0.647. The van der Waals surface area contributed by atoms with Gasteiger partial charge in [-0.3, -0.25) is 0 Å². The lowest BCUT2D eigenvalue weighted by Crippen LogP contribution is -2.29. The molecule has 20 heavy (non-hydrogen) atoms. The van der Waals surface area contributed by atoms with Gasteiger partial charge in [-0.25, -0.2) is 0 Å². The molecule has 2 rings (SSSR count). The Morgan fingerprint density at radius 1 is 1.25 bits per heavy atom. The molecule has 0 radical (unpaired) electrons. The van der Waals surface area contributed by atoms with E-state index < -0.39 is 0 Å². The normalized spacial score (nSPS) is 14.6. The Balaban J connectivity index is 2.16. The van der Waals surface area contributed by atoms with Crippen LogP contribution >= 0.6 is 11.6 Å². The maximum absolute atomic E-state index is 6.44. The van der Waals surface area contributed by atoms with Crippen molar-refractivity contribution in [2.45, 2.75) is 58.5 Å². The van der Waals surface area contributed by atoms with Gasteiger partial charge in [0.25, 0.3) is 0 Å². The molecule has 0 saturated heterocycles. The maximum Gasteiger partial charge on any atom is 0.0471 e. The van der Waals surface area contributed by atoms with Gasteiger partial charge < -0.3 is 10.2 Å². The van der Waals surface area contributed by atoms with E-state index in [1.165, 1.54) is 36.9 Å². The Morgan fingerprint density at radius 3 is 2.70 bits per heavy atom. The molecule has 1 saturated carbocycles. The van der Waals surface area contributed by atoms with Crippen LogP contribution < -0.4 is 10.2 Å². The fourth-order valence-corrected chi connectivity index (χ4v) is 2.83. The molecule has 1 aromatic carbocycles. The van der Waals surface area contributed by atoms with Crippen LogP contribution in [0.4, 0.5) is 5.69 Å². The lowest BCUT2D eigenvalue weighted by molar-refractivity contribution is 0.665. The molecule has 0 bridgehead atoms. The molecule has 0 heterocycles. The number of benzene rings is 1. The highest BCUT2D eigenvalue weighted by Crippen LogP contribution is 2.36. The summed E-state index contributed by atoms with van der Waals surface area (Å²) in [6, 6.07) is 7.08. The Labute approximate surface area is 128 Å². The molecule has 1 aromatic rings. The topological polar surface area (TPSA) is 15.3 Å². The van der Waals surface area contributed by atoms with Gasteiger partial charge in [-0.1, -0.05) is 37.9 Å². The van der Waals surface area contributed by atoms with Crippen LogP contribution in [-0.2, 0) is 6.54 Å². The van der Waals surface area contributed by atoms with Crippen molar-refractivity contribution in [1.29, 1.82) is 0 Å². The van der Waals surface area contributed by atoms with Gasteiger partial charge in [0.05, 0.1) is 0 Å². The molecule has 0 atom stereocenters. The Kier molecular flexibility index (Phi) is 6.18. The molecule has 3 heteroatoms. The zero-order chi connectivity index (χ0) is 14.4. The molecule has 0 unspecified atom stereocenters. The molecule has 0 amide bonds. The van der Waals surface area contributed by atoms with E-state index in [2.05, 4.69) is 36.2 Å². The predicted octanol–water partition coefficient (Wildman–Crippen LogP) is 4.61. The summed E-state index contributed by atoms with van der Waals surface area (Å²) in [5.74, 6) is 0. The summed E-state index contributed by atoms with van der Waals surface area (Å²) in [5, 5.41) is 4.39. The summed E-state index contributed by atoms with van der Waals surface area (Å²) in [5.41, 5.74) is 2.61. The SMILES string of the molecule is CCCCN(c1cccc(Cl)c1CNCCC)C1CC1. The van der Waals surface area contributed by atoms with Crippen molar-refractivity contribution in [2.75, 3.05) is 18.0 Å². The van der Waals surface area contributed by atoms with Gasteiger partial charge >= 0.3 is 0 Å². The number of halogens is 1. The second-order valence-electron chi connectivity index (χ2n) is 5.69. The number of hydrogen-bond donors (Lipinski definition) is 1. The minimum atomic E-state index is 0.741.